The molecule has 1 aromatic rings. The fraction of sp³-hybridized carbons (Fsp3) is 0.545. The maximum Gasteiger partial charge on any atom is 0.263 e. The highest BCUT2D eigenvalue weighted by Crippen LogP contribution is 2.21. The van der Waals surface area contributed by atoms with E-state index in [1.165, 1.54) is 11.3 Å². The van der Waals surface area contributed by atoms with E-state index < -0.39 is 0 Å². The molecular formula is C11H14N4O2S. The molecule has 0 aliphatic carbocycles. The monoisotopic (exact) mass is 266 g/mol. The van der Waals surface area contributed by atoms with Crippen molar-refractivity contribution in [2.24, 2.45) is 5.11 Å². The zero-order chi connectivity index (χ0) is 13.0. The Kier molecular flexibility index (Phi) is 4.19. The highest BCUT2D eigenvalue weighted by Gasteiger charge is 2.23. The lowest BCUT2D eigenvalue weighted by molar-refractivity contribution is 0.0550. The van der Waals surface area contributed by atoms with Crippen LogP contribution in [-0.4, -0.2) is 35.1 Å². The van der Waals surface area contributed by atoms with Crippen LogP contribution < -0.4 is 0 Å². The molecule has 0 atom stereocenters. The van der Waals surface area contributed by atoms with Gasteiger partial charge in [0.15, 0.2) is 0 Å². The Morgan fingerprint density at radius 1 is 1.56 bits per heavy atom. The summed E-state index contributed by atoms with van der Waals surface area (Å²) in [5, 5.41) is 12.9. The van der Waals surface area contributed by atoms with Crippen LogP contribution in [0.2, 0.25) is 0 Å². The molecule has 0 aromatic carbocycles. The predicted molar refractivity (Wildman–Crippen MR) is 68.3 cm³/mol. The number of hydrogen-bond donors (Lipinski definition) is 1. The number of carbonyl (C=O) groups is 1. The first-order valence-corrected chi connectivity index (χ1v) is 6.59. The van der Waals surface area contributed by atoms with Gasteiger partial charge in [0.25, 0.3) is 5.91 Å². The molecule has 6 nitrogen and oxygen atoms in total. The number of azide groups is 1. The molecule has 0 saturated carbocycles. The summed E-state index contributed by atoms with van der Waals surface area (Å²) in [6, 6.07) is 3.58. The zero-order valence-corrected chi connectivity index (χ0v) is 10.6. The van der Waals surface area contributed by atoms with Crippen LogP contribution in [0.25, 0.3) is 10.4 Å². The molecule has 7 heteroatoms. The molecule has 1 aromatic heterocycles. The number of aliphatic hydroxyl groups excluding tert-OH is 1. The number of piperidine rings is 1. The number of likely N-dealkylation sites (tertiary alicyclic amines) is 1. The molecule has 1 saturated heterocycles. The van der Waals surface area contributed by atoms with Gasteiger partial charge in [-0.15, -0.1) is 11.3 Å². The first-order chi connectivity index (χ1) is 8.70. The summed E-state index contributed by atoms with van der Waals surface area (Å²) in [5.41, 5.74) is 8.24. The van der Waals surface area contributed by atoms with Crippen molar-refractivity contribution in [2.75, 3.05) is 13.1 Å². The van der Waals surface area contributed by atoms with E-state index in [9.17, 15) is 9.90 Å². The van der Waals surface area contributed by atoms with E-state index in [2.05, 4.69) is 10.0 Å². The van der Waals surface area contributed by atoms with Crippen LogP contribution in [0.15, 0.2) is 17.2 Å². The van der Waals surface area contributed by atoms with Crippen molar-refractivity contribution >= 4 is 17.2 Å². The highest BCUT2D eigenvalue weighted by atomic mass is 32.1. The van der Waals surface area contributed by atoms with Crippen molar-refractivity contribution in [2.45, 2.75) is 25.5 Å². The van der Waals surface area contributed by atoms with Gasteiger partial charge in [0, 0.05) is 22.9 Å². The average Bonchev–Trinajstić information content (AvgIpc) is 2.85. The largest absolute Gasteiger partial charge is 0.393 e. The van der Waals surface area contributed by atoms with Gasteiger partial charge in [-0.2, -0.15) is 0 Å². The normalized spacial score (nSPS) is 16.4. The number of thiophene rings is 1. The molecule has 2 rings (SSSR count). The van der Waals surface area contributed by atoms with Crippen molar-refractivity contribution in [3.05, 3.63) is 32.3 Å². The Morgan fingerprint density at radius 3 is 2.94 bits per heavy atom. The summed E-state index contributed by atoms with van der Waals surface area (Å²) in [5.74, 6) is -0.000845. The molecule has 18 heavy (non-hydrogen) atoms. The number of amides is 1. The molecule has 1 aliphatic rings. The fourth-order valence-electron chi connectivity index (χ4n) is 1.90. The van der Waals surface area contributed by atoms with Gasteiger partial charge < -0.3 is 10.0 Å². The van der Waals surface area contributed by atoms with E-state index in [4.69, 9.17) is 5.53 Å². The van der Waals surface area contributed by atoms with E-state index in [0.29, 0.717) is 30.8 Å². The lowest BCUT2D eigenvalue weighted by Gasteiger charge is -2.29. The smallest absolute Gasteiger partial charge is 0.263 e. The second kappa shape index (κ2) is 5.86. The van der Waals surface area contributed by atoms with Crippen molar-refractivity contribution in [1.82, 2.24) is 4.90 Å². The van der Waals surface area contributed by atoms with Crippen molar-refractivity contribution in [3.8, 4) is 0 Å². The Morgan fingerprint density at radius 2 is 2.28 bits per heavy atom. The standard InChI is InChI=1S/C11H14N4O2S/c12-14-13-7-9-1-2-10(18-9)11(17)15-5-3-8(16)4-6-15/h1-2,8,16H,3-7H2. The minimum atomic E-state index is -0.280. The van der Waals surface area contributed by atoms with Crippen LogP contribution in [0.4, 0.5) is 0 Å². The average molecular weight is 266 g/mol. The molecular weight excluding hydrogens is 252 g/mol. The van der Waals surface area contributed by atoms with Gasteiger partial charge in [-0.3, -0.25) is 4.79 Å². The molecule has 0 unspecified atom stereocenters. The summed E-state index contributed by atoms with van der Waals surface area (Å²) in [7, 11) is 0. The molecule has 0 bridgehead atoms. The first kappa shape index (κ1) is 12.9. The molecule has 2 heterocycles. The number of nitrogens with zero attached hydrogens (tertiary/aromatic N) is 4. The van der Waals surface area contributed by atoms with Crippen molar-refractivity contribution in [3.63, 3.8) is 0 Å². The van der Waals surface area contributed by atoms with Gasteiger partial charge in [0.05, 0.1) is 17.5 Å². The highest BCUT2D eigenvalue weighted by molar-refractivity contribution is 7.14. The van der Waals surface area contributed by atoms with E-state index >= 15 is 0 Å². The number of rotatable bonds is 3. The second-order valence-corrected chi connectivity index (χ2v) is 5.35. The number of aliphatic hydroxyl groups is 1. The molecule has 1 aliphatic heterocycles. The van der Waals surface area contributed by atoms with E-state index in [0.717, 1.165) is 4.88 Å². The summed E-state index contributed by atoms with van der Waals surface area (Å²) < 4.78 is 0. The quantitative estimate of drug-likeness (QED) is 0.516. The van der Waals surface area contributed by atoms with Crippen LogP contribution in [-0.2, 0) is 6.54 Å². The van der Waals surface area contributed by atoms with Crippen LogP contribution in [0.3, 0.4) is 0 Å². The topological polar surface area (TPSA) is 89.3 Å². The molecule has 96 valence electrons. The summed E-state index contributed by atoms with van der Waals surface area (Å²) in [6.07, 6.45) is 1.00. The molecule has 1 fully saturated rings. The minimum absolute atomic E-state index is 0.000845. The van der Waals surface area contributed by atoms with Crippen molar-refractivity contribution < 1.29 is 9.90 Å². The third kappa shape index (κ3) is 3.01. The maximum absolute atomic E-state index is 12.1. The number of hydrogen-bond acceptors (Lipinski definition) is 4. The van der Waals surface area contributed by atoms with Crippen LogP contribution in [0, 0.1) is 0 Å². The van der Waals surface area contributed by atoms with Gasteiger partial charge in [0.1, 0.15) is 0 Å². The van der Waals surface area contributed by atoms with Crippen LogP contribution in [0.5, 0.6) is 0 Å². The molecule has 1 N–H and O–H groups in total. The van der Waals surface area contributed by atoms with E-state index in [1.807, 2.05) is 6.07 Å². The lowest BCUT2D eigenvalue weighted by Crippen LogP contribution is -2.39. The number of carbonyl (C=O) groups excluding carboxylic acids is 1. The Bertz CT molecular complexity index is 473. The predicted octanol–water partition coefficient (Wildman–Crippen LogP) is 2.16. The third-order valence-corrected chi connectivity index (χ3v) is 3.97. The third-order valence-electron chi connectivity index (χ3n) is 2.91. The first-order valence-electron chi connectivity index (χ1n) is 5.77. The van der Waals surface area contributed by atoms with E-state index in [-0.39, 0.29) is 18.6 Å². The van der Waals surface area contributed by atoms with Gasteiger partial charge in [-0.25, -0.2) is 0 Å². The second-order valence-electron chi connectivity index (χ2n) is 4.18. The molecule has 1 amide bonds. The van der Waals surface area contributed by atoms with Crippen molar-refractivity contribution in [1.29, 1.82) is 0 Å². The summed E-state index contributed by atoms with van der Waals surface area (Å²) in [4.78, 5) is 18.1. The Labute approximate surface area is 108 Å². The van der Waals surface area contributed by atoms with Gasteiger partial charge in [-0.1, -0.05) is 5.11 Å². The zero-order valence-electron chi connectivity index (χ0n) is 9.82. The van der Waals surface area contributed by atoms with Crippen LogP contribution >= 0.6 is 11.3 Å². The van der Waals surface area contributed by atoms with Crippen LogP contribution in [0.1, 0.15) is 27.4 Å². The minimum Gasteiger partial charge on any atom is -0.393 e. The van der Waals surface area contributed by atoms with E-state index in [1.54, 1.807) is 11.0 Å². The molecule has 0 spiro atoms. The SMILES string of the molecule is [N-]=[N+]=NCc1ccc(C(=O)N2CCC(O)CC2)s1. The summed E-state index contributed by atoms with van der Waals surface area (Å²) in [6.45, 7) is 1.49. The summed E-state index contributed by atoms with van der Waals surface area (Å²) >= 11 is 1.36. The fourth-order valence-corrected chi connectivity index (χ4v) is 2.80. The van der Waals surface area contributed by atoms with Gasteiger partial charge >= 0.3 is 0 Å². The lowest BCUT2D eigenvalue weighted by atomic mass is 10.1. The van der Waals surface area contributed by atoms with Gasteiger partial charge in [0.2, 0.25) is 0 Å². The molecule has 0 radical (unpaired) electrons. The Hall–Kier alpha value is -1.56. The van der Waals surface area contributed by atoms with Gasteiger partial charge in [-0.05, 0) is 30.5 Å². The Balaban J connectivity index is 2.00. The maximum atomic E-state index is 12.1.